The predicted octanol–water partition coefficient (Wildman–Crippen LogP) is 12.2. The minimum Gasteiger partial charge on any atom is -0.477 e. The summed E-state index contributed by atoms with van der Waals surface area (Å²) in [5.41, 5.74) is 0. The van der Waals surface area contributed by atoms with Crippen LogP contribution >= 0.6 is 0 Å². The second kappa shape index (κ2) is 38.4. The van der Waals surface area contributed by atoms with E-state index >= 15 is 0 Å². The van der Waals surface area contributed by atoms with Gasteiger partial charge in [-0.25, -0.2) is 4.79 Å². The van der Waals surface area contributed by atoms with Crippen molar-refractivity contribution in [1.29, 1.82) is 0 Å². The minimum atomic E-state index is -0.878. The van der Waals surface area contributed by atoms with Crippen LogP contribution < -0.4 is 0 Å². The standard InChI is InChI=1S/C47H85NO7/c1-6-8-10-12-14-16-18-20-21-22-23-24-25-26-28-29-31-33-35-37-45(49)54-42-43(41-53-40-39-44(47(51)52)48(3,4)5)55-46(50)38-36-34-32-30-27-19-17-15-13-11-9-7-2/h9,11,15,17,22-23,43-44H,6-8,10,12-14,16,18-21,24-42H2,1-5H3/p+1/b11-9+,17-15+,23-22+. The van der Waals surface area contributed by atoms with E-state index in [2.05, 4.69) is 50.3 Å². The summed E-state index contributed by atoms with van der Waals surface area (Å²) < 4.78 is 17.3. The van der Waals surface area contributed by atoms with Gasteiger partial charge in [-0.3, -0.25) is 9.59 Å². The zero-order chi connectivity index (χ0) is 40.7. The van der Waals surface area contributed by atoms with Crippen molar-refractivity contribution in [3.63, 3.8) is 0 Å². The first kappa shape index (κ1) is 52.6. The lowest BCUT2D eigenvalue weighted by Gasteiger charge is -2.31. The van der Waals surface area contributed by atoms with Gasteiger partial charge in [-0.1, -0.05) is 147 Å². The maximum absolute atomic E-state index is 12.7. The van der Waals surface area contributed by atoms with Gasteiger partial charge in [0, 0.05) is 19.3 Å². The van der Waals surface area contributed by atoms with Gasteiger partial charge >= 0.3 is 17.9 Å². The number of unbranched alkanes of at least 4 members (excludes halogenated alkanes) is 20. The number of rotatable bonds is 40. The third kappa shape index (κ3) is 36.9. The lowest BCUT2D eigenvalue weighted by atomic mass is 10.1. The number of aliphatic carboxylic acids is 1. The Morgan fingerprint density at radius 3 is 1.51 bits per heavy atom. The third-order valence-corrected chi connectivity index (χ3v) is 10.0. The Labute approximate surface area is 338 Å². The van der Waals surface area contributed by atoms with Crippen LogP contribution in [0.2, 0.25) is 0 Å². The second-order valence-electron chi connectivity index (χ2n) is 16.3. The van der Waals surface area contributed by atoms with E-state index in [4.69, 9.17) is 14.2 Å². The zero-order valence-corrected chi connectivity index (χ0v) is 36.4. The van der Waals surface area contributed by atoms with Gasteiger partial charge in [0.25, 0.3) is 0 Å². The summed E-state index contributed by atoms with van der Waals surface area (Å²) in [5, 5.41) is 9.61. The molecule has 0 heterocycles. The Balaban J connectivity index is 4.29. The van der Waals surface area contributed by atoms with Crippen molar-refractivity contribution in [2.75, 3.05) is 41.0 Å². The van der Waals surface area contributed by atoms with E-state index in [-0.39, 0.29) is 36.2 Å². The fraction of sp³-hybridized carbons (Fsp3) is 0.809. The van der Waals surface area contributed by atoms with Crippen molar-refractivity contribution in [2.45, 2.75) is 206 Å². The van der Waals surface area contributed by atoms with E-state index in [0.717, 1.165) is 70.6 Å². The molecule has 2 unspecified atom stereocenters. The fourth-order valence-corrected chi connectivity index (χ4v) is 6.54. The molecule has 0 radical (unpaired) electrons. The summed E-state index contributed by atoms with van der Waals surface area (Å²) in [7, 11) is 5.52. The van der Waals surface area contributed by atoms with E-state index < -0.39 is 18.1 Å². The molecule has 0 amide bonds. The molecular formula is C47H86NO7+. The highest BCUT2D eigenvalue weighted by atomic mass is 16.6. The normalized spacial score (nSPS) is 13.3. The number of carboxylic acid groups (broad SMARTS) is 1. The third-order valence-electron chi connectivity index (χ3n) is 10.0. The van der Waals surface area contributed by atoms with Gasteiger partial charge in [-0.05, 0) is 64.2 Å². The molecule has 0 saturated heterocycles. The van der Waals surface area contributed by atoms with Gasteiger partial charge in [0.1, 0.15) is 6.61 Å². The fourth-order valence-electron chi connectivity index (χ4n) is 6.54. The van der Waals surface area contributed by atoms with Crippen LogP contribution in [0.1, 0.15) is 194 Å². The summed E-state index contributed by atoms with van der Waals surface area (Å²) in [5.74, 6) is -1.49. The largest absolute Gasteiger partial charge is 0.477 e. The maximum Gasteiger partial charge on any atom is 0.362 e. The molecule has 0 aromatic heterocycles. The van der Waals surface area contributed by atoms with Crippen LogP contribution in [0.25, 0.3) is 0 Å². The first-order valence-corrected chi connectivity index (χ1v) is 22.5. The van der Waals surface area contributed by atoms with E-state index in [1.54, 1.807) is 0 Å². The van der Waals surface area contributed by atoms with Gasteiger partial charge in [-0.2, -0.15) is 0 Å². The number of carbonyl (C=O) groups excluding carboxylic acids is 2. The molecule has 0 bridgehead atoms. The number of likely N-dealkylation sites (N-methyl/N-ethyl adjacent to an activating group) is 1. The quantitative estimate of drug-likeness (QED) is 0.0286. The number of carboxylic acids is 1. The van der Waals surface area contributed by atoms with Crippen LogP contribution in [0.5, 0.6) is 0 Å². The molecule has 0 aliphatic heterocycles. The molecule has 1 N–H and O–H groups in total. The molecule has 55 heavy (non-hydrogen) atoms. The highest BCUT2D eigenvalue weighted by molar-refractivity contribution is 5.72. The number of nitrogens with zero attached hydrogens (tertiary/aromatic N) is 1. The highest BCUT2D eigenvalue weighted by Crippen LogP contribution is 2.14. The molecule has 320 valence electrons. The van der Waals surface area contributed by atoms with Crippen LogP contribution in [-0.4, -0.2) is 80.6 Å². The van der Waals surface area contributed by atoms with Crippen LogP contribution in [0.3, 0.4) is 0 Å². The number of quaternary nitrogens is 1. The molecule has 0 spiro atoms. The summed E-state index contributed by atoms with van der Waals surface area (Å²) in [6.45, 7) is 4.61. The summed E-state index contributed by atoms with van der Waals surface area (Å²) in [6.07, 6.45) is 43.3. The number of esters is 2. The second-order valence-corrected chi connectivity index (χ2v) is 16.3. The highest BCUT2D eigenvalue weighted by Gasteiger charge is 2.31. The molecule has 0 saturated carbocycles. The van der Waals surface area contributed by atoms with E-state index in [0.29, 0.717) is 19.3 Å². The molecular weight excluding hydrogens is 691 g/mol. The zero-order valence-electron chi connectivity index (χ0n) is 36.4. The molecule has 0 aromatic carbocycles. The monoisotopic (exact) mass is 777 g/mol. The first-order chi connectivity index (χ1) is 26.6. The number of allylic oxidation sites excluding steroid dienone is 6. The first-order valence-electron chi connectivity index (χ1n) is 22.5. The number of hydrogen-bond acceptors (Lipinski definition) is 6. The maximum atomic E-state index is 12.7. The minimum absolute atomic E-state index is 0.0549. The summed E-state index contributed by atoms with van der Waals surface area (Å²) >= 11 is 0. The summed E-state index contributed by atoms with van der Waals surface area (Å²) in [6, 6.07) is -0.617. The molecule has 8 heteroatoms. The topological polar surface area (TPSA) is 99.1 Å². The molecule has 0 aliphatic rings. The van der Waals surface area contributed by atoms with Gasteiger partial charge in [0.15, 0.2) is 12.1 Å². The van der Waals surface area contributed by atoms with Crippen LogP contribution in [0.15, 0.2) is 36.5 Å². The Bertz CT molecular complexity index is 1000. The van der Waals surface area contributed by atoms with Crippen LogP contribution in [0, 0.1) is 0 Å². The van der Waals surface area contributed by atoms with E-state index in [1.165, 1.54) is 89.9 Å². The van der Waals surface area contributed by atoms with Crippen molar-refractivity contribution in [3.8, 4) is 0 Å². The molecule has 0 fully saturated rings. The van der Waals surface area contributed by atoms with Gasteiger partial charge in [0.2, 0.25) is 0 Å². The Morgan fingerprint density at radius 2 is 1.02 bits per heavy atom. The Hall–Kier alpha value is -2.45. The summed E-state index contributed by atoms with van der Waals surface area (Å²) in [4.78, 5) is 36.9. The molecule has 2 atom stereocenters. The molecule has 0 rings (SSSR count). The lowest BCUT2D eigenvalue weighted by Crippen LogP contribution is -2.50. The number of hydrogen-bond donors (Lipinski definition) is 1. The van der Waals surface area contributed by atoms with Gasteiger partial charge in [0.05, 0.1) is 34.4 Å². The van der Waals surface area contributed by atoms with Crippen LogP contribution in [-0.2, 0) is 28.6 Å². The van der Waals surface area contributed by atoms with E-state index in [1.807, 2.05) is 21.1 Å². The Morgan fingerprint density at radius 1 is 0.564 bits per heavy atom. The Kier molecular flexibility index (Phi) is 36.7. The number of carbonyl (C=O) groups is 3. The van der Waals surface area contributed by atoms with Crippen LogP contribution in [0.4, 0.5) is 0 Å². The molecule has 0 aliphatic carbocycles. The average Bonchev–Trinajstić information content (AvgIpc) is 3.14. The van der Waals surface area contributed by atoms with Crippen molar-refractivity contribution in [3.05, 3.63) is 36.5 Å². The van der Waals surface area contributed by atoms with Crippen molar-refractivity contribution in [2.24, 2.45) is 0 Å². The van der Waals surface area contributed by atoms with Gasteiger partial charge < -0.3 is 23.8 Å². The van der Waals surface area contributed by atoms with Crippen molar-refractivity contribution < 1.29 is 38.2 Å². The van der Waals surface area contributed by atoms with Crippen molar-refractivity contribution >= 4 is 17.9 Å². The predicted molar refractivity (Wildman–Crippen MR) is 229 cm³/mol. The van der Waals surface area contributed by atoms with E-state index in [9.17, 15) is 19.5 Å². The lowest BCUT2D eigenvalue weighted by molar-refractivity contribution is -0.887. The SMILES string of the molecule is CC/C=C/C/C=C/CCCCCCCC(=O)OC(COCCC(C(=O)O)[N+](C)(C)C)COC(=O)CCCCCCCCC/C=C/CCCCCCCCCC. The molecule has 8 nitrogen and oxygen atoms in total. The number of ether oxygens (including phenoxy) is 3. The average molecular weight is 777 g/mol. The van der Waals surface area contributed by atoms with Gasteiger partial charge in [-0.15, -0.1) is 0 Å². The molecule has 0 aromatic rings. The smallest absolute Gasteiger partial charge is 0.362 e. The van der Waals surface area contributed by atoms with Crippen molar-refractivity contribution in [1.82, 2.24) is 0 Å².